The van der Waals surface area contributed by atoms with Crippen LogP contribution < -0.4 is 5.73 Å². The minimum Gasteiger partial charge on any atom is -0.391 e. The molecule has 0 aliphatic rings. The van der Waals surface area contributed by atoms with E-state index in [0.29, 0.717) is 13.0 Å². The van der Waals surface area contributed by atoms with Crippen molar-refractivity contribution in [1.82, 2.24) is 0 Å². The number of benzene rings is 1. The zero-order valence-corrected chi connectivity index (χ0v) is 8.25. The van der Waals surface area contributed by atoms with E-state index >= 15 is 0 Å². The molecule has 2 nitrogen and oxygen atoms in total. The van der Waals surface area contributed by atoms with Crippen LogP contribution in [0.2, 0.25) is 0 Å². The molecule has 72 valence electrons. The van der Waals surface area contributed by atoms with Gasteiger partial charge in [-0.1, -0.05) is 18.2 Å². The molecule has 0 bridgehead atoms. The van der Waals surface area contributed by atoms with E-state index in [2.05, 4.69) is 26.0 Å². The highest BCUT2D eigenvalue weighted by Gasteiger charge is 2.07. The fourth-order valence-corrected chi connectivity index (χ4v) is 1.49. The lowest BCUT2D eigenvalue weighted by molar-refractivity contribution is 0.183. The number of aliphatic hydroxyl groups excluding tert-OH is 1. The van der Waals surface area contributed by atoms with Gasteiger partial charge in [0.2, 0.25) is 0 Å². The van der Waals surface area contributed by atoms with Crippen LogP contribution in [0.25, 0.3) is 0 Å². The molecule has 0 aliphatic heterocycles. The Balaban J connectivity index is 2.87. The van der Waals surface area contributed by atoms with Crippen molar-refractivity contribution in [1.29, 1.82) is 0 Å². The highest BCUT2D eigenvalue weighted by atomic mass is 16.3. The van der Waals surface area contributed by atoms with E-state index in [0.717, 1.165) is 0 Å². The molecule has 1 aromatic rings. The molecule has 0 aliphatic carbocycles. The molecule has 0 saturated heterocycles. The van der Waals surface area contributed by atoms with Gasteiger partial charge in [-0.3, -0.25) is 0 Å². The fraction of sp³-hybridized carbons (Fsp3) is 0.455. The van der Waals surface area contributed by atoms with E-state index in [-0.39, 0.29) is 0 Å². The van der Waals surface area contributed by atoms with E-state index in [1.807, 2.05) is 6.07 Å². The van der Waals surface area contributed by atoms with Crippen molar-refractivity contribution in [3.05, 3.63) is 34.9 Å². The summed E-state index contributed by atoms with van der Waals surface area (Å²) in [4.78, 5) is 0. The van der Waals surface area contributed by atoms with Gasteiger partial charge in [-0.15, -0.1) is 0 Å². The molecule has 1 unspecified atom stereocenters. The highest BCUT2D eigenvalue weighted by molar-refractivity contribution is 5.33. The maximum absolute atomic E-state index is 9.44. The predicted octanol–water partition coefficient (Wildman–Crippen LogP) is 1.17. The van der Waals surface area contributed by atoms with Gasteiger partial charge in [0.25, 0.3) is 0 Å². The minimum absolute atomic E-state index is 0.327. The Morgan fingerprint density at radius 1 is 1.31 bits per heavy atom. The maximum atomic E-state index is 9.44. The van der Waals surface area contributed by atoms with Crippen molar-refractivity contribution in [2.75, 3.05) is 6.54 Å². The maximum Gasteiger partial charge on any atom is 0.0702 e. The number of aliphatic hydroxyl groups is 1. The van der Waals surface area contributed by atoms with Crippen LogP contribution in [0, 0.1) is 13.8 Å². The Bertz CT molecular complexity index is 263. The Morgan fingerprint density at radius 2 is 1.85 bits per heavy atom. The first-order valence-electron chi connectivity index (χ1n) is 4.58. The summed E-state index contributed by atoms with van der Waals surface area (Å²) in [6.07, 6.45) is 0.245. The molecule has 1 rings (SSSR count). The molecule has 2 heteroatoms. The van der Waals surface area contributed by atoms with E-state index in [4.69, 9.17) is 5.73 Å². The summed E-state index contributed by atoms with van der Waals surface area (Å²) in [5, 5.41) is 9.44. The molecule has 0 fully saturated rings. The van der Waals surface area contributed by atoms with Gasteiger partial charge in [0.15, 0.2) is 0 Å². The zero-order chi connectivity index (χ0) is 9.84. The third kappa shape index (κ3) is 2.54. The smallest absolute Gasteiger partial charge is 0.0702 e. The van der Waals surface area contributed by atoms with Crippen LogP contribution in [0.3, 0.4) is 0 Å². The van der Waals surface area contributed by atoms with Gasteiger partial charge in [0.05, 0.1) is 6.10 Å². The summed E-state index contributed by atoms with van der Waals surface area (Å²) in [5.41, 5.74) is 9.05. The molecule has 0 saturated carbocycles. The largest absolute Gasteiger partial charge is 0.391 e. The van der Waals surface area contributed by atoms with Crippen LogP contribution in [-0.2, 0) is 6.42 Å². The molecule has 13 heavy (non-hydrogen) atoms. The van der Waals surface area contributed by atoms with Crippen LogP contribution in [0.4, 0.5) is 0 Å². The summed E-state index contributed by atoms with van der Waals surface area (Å²) in [6, 6.07) is 6.15. The first-order chi connectivity index (χ1) is 6.15. The van der Waals surface area contributed by atoms with Gasteiger partial charge < -0.3 is 10.8 Å². The SMILES string of the molecule is Cc1cccc(C)c1CC(O)CN. The average Bonchev–Trinajstić information content (AvgIpc) is 2.11. The molecule has 0 heterocycles. The van der Waals surface area contributed by atoms with E-state index in [1.165, 1.54) is 16.7 Å². The highest BCUT2D eigenvalue weighted by Crippen LogP contribution is 2.14. The minimum atomic E-state index is -0.417. The normalized spacial score (nSPS) is 12.9. The molecule has 0 aromatic heterocycles. The van der Waals surface area contributed by atoms with Crippen LogP contribution in [0.15, 0.2) is 18.2 Å². The lowest BCUT2D eigenvalue weighted by Crippen LogP contribution is -2.22. The van der Waals surface area contributed by atoms with Crippen LogP contribution in [0.1, 0.15) is 16.7 Å². The van der Waals surface area contributed by atoms with Crippen molar-refractivity contribution in [2.45, 2.75) is 26.4 Å². The molecule has 3 N–H and O–H groups in total. The van der Waals surface area contributed by atoms with Crippen molar-refractivity contribution in [3.8, 4) is 0 Å². The van der Waals surface area contributed by atoms with Gasteiger partial charge in [-0.2, -0.15) is 0 Å². The second-order valence-electron chi connectivity index (χ2n) is 3.46. The van der Waals surface area contributed by atoms with Gasteiger partial charge in [0.1, 0.15) is 0 Å². The number of hydrogen-bond donors (Lipinski definition) is 2. The lowest BCUT2D eigenvalue weighted by atomic mass is 9.98. The van der Waals surface area contributed by atoms with Crippen LogP contribution >= 0.6 is 0 Å². The predicted molar refractivity (Wildman–Crippen MR) is 54.7 cm³/mol. The summed E-state index contributed by atoms with van der Waals surface area (Å²) < 4.78 is 0. The topological polar surface area (TPSA) is 46.2 Å². The summed E-state index contributed by atoms with van der Waals surface area (Å²) in [7, 11) is 0. The summed E-state index contributed by atoms with van der Waals surface area (Å²) in [5.74, 6) is 0. The monoisotopic (exact) mass is 179 g/mol. The third-order valence-corrected chi connectivity index (χ3v) is 2.36. The Kier molecular flexibility index (Phi) is 3.46. The van der Waals surface area contributed by atoms with Gasteiger partial charge >= 0.3 is 0 Å². The molecule has 1 aromatic carbocycles. The number of hydrogen-bond acceptors (Lipinski definition) is 2. The average molecular weight is 179 g/mol. The Hall–Kier alpha value is -0.860. The first-order valence-corrected chi connectivity index (χ1v) is 4.58. The quantitative estimate of drug-likeness (QED) is 0.731. The molecule has 0 amide bonds. The van der Waals surface area contributed by atoms with Gasteiger partial charge in [-0.05, 0) is 30.5 Å². The molecular weight excluding hydrogens is 162 g/mol. The second-order valence-corrected chi connectivity index (χ2v) is 3.46. The van der Waals surface area contributed by atoms with Crippen molar-refractivity contribution < 1.29 is 5.11 Å². The summed E-state index contributed by atoms with van der Waals surface area (Å²) in [6.45, 7) is 4.45. The first kappa shape index (κ1) is 10.2. The molecule has 0 spiro atoms. The zero-order valence-electron chi connectivity index (χ0n) is 8.25. The van der Waals surface area contributed by atoms with Gasteiger partial charge in [-0.25, -0.2) is 0 Å². The van der Waals surface area contributed by atoms with Gasteiger partial charge in [0, 0.05) is 13.0 Å². The van der Waals surface area contributed by atoms with E-state index < -0.39 is 6.10 Å². The lowest BCUT2D eigenvalue weighted by Gasteiger charge is -2.12. The fourth-order valence-electron chi connectivity index (χ4n) is 1.49. The molecular formula is C11H17NO. The number of nitrogens with two attached hydrogens (primary N) is 1. The molecule has 0 radical (unpaired) electrons. The third-order valence-electron chi connectivity index (χ3n) is 2.36. The number of aryl methyl sites for hydroxylation is 2. The standard InChI is InChI=1S/C11H17NO/c1-8-4-3-5-9(2)11(8)6-10(13)7-12/h3-5,10,13H,6-7,12H2,1-2H3. The van der Waals surface area contributed by atoms with E-state index in [9.17, 15) is 5.11 Å². The van der Waals surface area contributed by atoms with Crippen molar-refractivity contribution in [2.24, 2.45) is 5.73 Å². The van der Waals surface area contributed by atoms with Crippen molar-refractivity contribution >= 4 is 0 Å². The van der Waals surface area contributed by atoms with Crippen LogP contribution in [-0.4, -0.2) is 17.8 Å². The number of rotatable bonds is 3. The van der Waals surface area contributed by atoms with E-state index in [1.54, 1.807) is 0 Å². The summed E-state index contributed by atoms with van der Waals surface area (Å²) >= 11 is 0. The molecule has 1 atom stereocenters. The Labute approximate surface area is 79.4 Å². The van der Waals surface area contributed by atoms with Crippen molar-refractivity contribution in [3.63, 3.8) is 0 Å². The van der Waals surface area contributed by atoms with Crippen LogP contribution in [0.5, 0.6) is 0 Å². The Morgan fingerprint density at radius 3 is 2.31 bits per heavy atom. The second kappa shape index (κ2) is 4.40.